The Hall–Kier alpha value is -4.93. The molecule has 0 aliphatic carbocycles. The third-order valence-electron chi connectivity index (χ3n) is 5.30. The fourth-order valence-corrected chi connectivity index (χ4v) is 3.68. The Morgan fingerprint density at radius 2 is 2.00 bits per heavy atom. The Bertz CT molecular complexity index is 1550. The van der Waals surface area contributed by atoms with Gasteiger partial charge in [0, 0.05) is 17.3 Å². The highest BCUT2D eigenvalue weighted by atomic mass is 19.4. The van der Waals surface area contributed by atoms with Crippen LogP contribution in [-0.4, -0.2) is 39.0 Å². The minimum atomic E-state index is -4.97. The molecule has 1 atom stereocenters. The molecule has 1 aromatic carbocycles. The number of hydrogen-bond donors (Lipinski definition) is 2. The van der Waals surface area contributed by atoms with Gasteiger partial charge in [0.05, 0.1) is 24.4 Å². The van der Waals surface area contributed by atoms with Gasteiger partial charge in [-0.1, -0.05) is 0 Å². The zero-order valence-electron chi connectivity index (χ0n) is 19.2. The number of amides is 1. The Balaban J connectivity index is 1.70. The molecule has 0 saturated carbocycles. The molecule has 4 rings (SSSR count). The molecule has 0 radical (unpaired) electrons. The van der Waals surface area contributed by atoms with Crippen molar-refractivity contribution in [2.24, 2.45) is 0 Å². The molecule has 0 aliphatic heterocycles. The predicted octanol–water partition coefficient (Wildman–Crippen LogP) is 3.78. The number of anilines is 1. The summed E-state index contributed by atoms with van der Waals surface area (Å²) in [5, 5.41) is 16.3. The van der Waals surface area contributed by atoms with Crippen LogP contribution in [0.4, 0.5) is 23.4 Å². The quantitative estimate of drug-likeness (QED) is 0.370. The Morgan fingerprint density at radius 1 is 1.24 bits per heavy atom. The normalized spacial score (nSPS) is 12.1. The van der Waals surface area contributed by atoms with E-state index in [1.54, 1.807) is 0 Å². The molecule has 3 heterocycles. The number of aromatic nitrogens is 4. The summed E-state index contributed by atoms with van der Waals surface area (Å²) in [6, 6.07) is 6.29. The molecule has 37 heavy (non-hydrogen) atoms. The summed E-state index contributed by atoms with van der Waals surface area (Å²) in [5.74, 6) is -2.22. The number of carbonyl (C=O) groups is 1. The highest BCUT2D eigenvalue weighted by molar-refractivity contribution is 5.98. The lowest BCUT2D eigenvalue weighted by molar-refractivity contribution is -0.274. The van der Waals surface area contributed by atoms with Gasteiger partial charge < -0.3 is 20.5 Å². The molecule has 10 nitrogen and oxygen atoms in total. The van der Waals surface area contributed by atoms with E-state index in [1.807, 2.05) is 6.07 Å². The van der Waals surface area contributed by atoms with Crippen LogP contribution in [0.15, 0.2) is 42.9 Å². The molecule has 3 N–H and O–H groups in total. The lowest BCUT2D eigenvalue weighted by Crippen LogP contribution is -2.28. The van der Waals surface area contributed by atoms with Crippen molar-refractivity contribution in [2.75, 3.05) is 12.8 Å². The number of nitrogens with two attached hydrogens (primary N) is 1. The molecule has 1 unspecified atom stereocenters. The van der Waals surface area contributed by atoms with E-state index in [9.17, 15) is 27.6 Å². The first kappa shape index (κ1) is 25.2. The molecule has 0 bridgehead atoms. The van der Waals surface area contributed by atoms with E-state index in [0.717, 1.165) is 18.2 Å². The first-order valence-corrected chi connectivity index (χ1v) is 10.4. The van der Waals surface area contributed by atoms with Crippen LogP contribution in [0.2, 0.25) is 0 Å². The van der Waals surface area contributed by atoms with Gasteiger partial charge in [-0.25, -0.2) is 18.9 Å². The number of methoxy groups -OCH3 is 1. The number of rotatable bonds is 6. The van der Waals surface area contributed by atoms with Crippen LogP contribution in [0.1, 0.15) is 34.5 Å². The average molecular weight is 515 g/mol. The number of ether oxygens (including phenoxy) is 2. The van der Waals surface area contributed by atoms with Crippen molar-refractivity contribution >= 4 is 17.2 Å². The summed E-state index contributed by atoms with van der Waals surface area (Å²) in [4.78, 5) is 21.2. The third-order valence-corrected chi connectivity index (χ3v) is 5.30. The minimum absolute atomic E-state index is 0.0865. The van der Waals surface area contributed by atoms with E-state index in [1.165, 1.54) is 43.2 Å². The minimum Gasteiger partial charge on any atom is -0.480 e. The van der Waals surface area contributed by atoms with Crippen LogP contribution < -0.4 is 20.5 Å². The lowest BCUT2D eigenvalue weighted by Gasteiger charge is -2.18. The number of alkyl halides is 3. The zero-order valence-corrected chi connectivity index (χ0v) is 19.2. The molecule has 0 saturated heterocycles. The van der Waals surface area contributed by atoms with E-state index in [2.05, 4.69) is 25.1 Å². The smallest absolute Gasteiger partial charge is 0.480 e. The Kier molecular flexibility index (Phi) is 6.54. The maximum absolute atomic E-state index is 14.4. The summed E-state index contributed by atoms with van der Waals surface area (Å²) in [5.41, 5.74) is 6.68. The van der Waals surface area contributed by atoms with E-state index in [-0.39, 0.29) is 34.1 Å². The Labute approximate surface area is 206 Å². The van der Waals surface area contributed by atoms with Gasteiger partial charge in [0.15, 0.2) is 5.82 Å². The van der Waals surface area contributed by atoms with Crippen molar-refractivity contribution in [3.8, 4) is 29.0 Å². The highest BCUT2D eigenvalue weighted by Crippen LogP contribution is 2.31. The van der Waals surface area contributed by atoms with Gasteiger partial charge in [-0.2, -0.15) is 10.4 Å². The fourth-order valence-electron chi connectivity index (χ4n) is 3.68. The van der Waals surface area contributed by atoms with Gasteiger partial charge >= 0.3 is 6.36 Å². The number of pyridine rings is 1. The van der Waals surface area contributed by atoms with Gasteiger partial charge in [0.2, 0.25) is 5.88 Å². The average Bonchev–Trinajstić information content (AvgIpc) is 3.24. The lowest BCUT2D eigenvalue weighted by atomic mass is 10.1. The molecule has 14 heteroatoms. The molecule has 0 aliphatic rings. The van der Waals surface area contributed by atoms with E-state index in [4.69, 9.17) is 10.5 Å². The molecular formula is C23H17F4N7O3. The Morgan fingerprint density at radius 3 is 2.68 bits per heavy atom. The third kappa shape index (κ3) is 5.06. The van der Waals surface area contributed by atoms with Crippen molar-refractivity contribution in [1.29, 1.82) is 5.26 Å². The van der Waals surface area contributed by atoms with Crippen LogP contribution >= 0.6 is 0 Å². The van der Waals surface area contributed by atoms with Crippen molar-refractivity contribution in [3.63, 3.8) is 0 Å². The SMILES string of the molecule is COc1ncc(-c2c(C#N)cc3c(N)ncnn23)cc1C(=O)NC(C)c1cc(OC(F)(F)F)ccc1F. The summed E-state index contributed by atoms with van der Waals surface area (Å²) in [7, 11) is 1.28. The second kappa shape index (κ2) is 9.61. The molecule has 4 aromatic rings. The first-order chi connectivity index (χ1) is 17.5. The van der Waals surface area contributed by atoms with Gasteiger partial charge in [-0.05, 0) is 37.3 Å². The highest BCUT2D eigenvalue weighted by Gasteiger charge is 2.31. The van der Waals surface area contributed by atoms with Crippen LogP contribution in [0.25, 0.3) is 16.8 Å². The number of nitriles is 1. The van der Waals surface area contributed by atoms with E-state index >= 15 is 0 Å². The van der Waals surface area contributed by atoms with Crippen LogP contribution in [0.5, 0.6) is 11.6 Å². The van der Waals surface area contributed by atoms with Gasteiger partial charge in [-0.15, -0.1) is 13.2 Å². The summed E-state index contributed by atoms with van der Waals surface area (Å²) in [6.45, 7) is 1.38. The van der Waals surface area contributed by atoms with E-state index in [0.29, 0.717) is 11.1 Å². The summed E-state index contributed by atoms with van der Waals surface area (Å²) < 4.78 is 62.5. The topological polar surface area (TPSA) is 140 Å². The molecular weight excluding hydrogens is 498 g/mol. The number of nitrogen functional groups attached to an aromatic ring is 1. The summed E-state index contributed by atoms with van der Waals surface area (Å²) in [6.07, 6.45) is -2.41. The monoisotopic (exact) mass is 515 g/mol. The van der Waals surface area contributed by atoms with Crippen molar-refractivity contribution < 1.29 is 31.8 Å². The van der Waals surface area contributed by atoms with Gasteiger partial charge in [0.25, 0.3) is 5.91 Å². The first-order valence-electron chi connectivity index (χ1n) is 10.4. The molecule has 3 aromatic heterocycles. The number of fused-ring (bicyclic) bond motifs is 1. The van der Waals surface area contributed by atoms with Crippen LogP contribution in [-0.2, 0) is 0 Å². The number of hydrogen-bond acceptors (Lipinski definition) is 8. The number of nitrogens with zero attached hydrogens (tertiary/aromatic N) is 5. The predicted molar refractivity (Wildman–Crippen MR) is 121 cm³/mol. The molecule has 0 spiro atoms. The second-order valence-corrected chi connectivity index (χ2v) is 7.67. The fraction of sp³-hybridized carbons (Fsp3) is 0.174. The van der Waals surface area contributed by atoms with Gasteiger partial charge in [-0.3, -0.25) is 4.79 Å². The molecule has 1 amide bonds. The number of carbonyl (C=O) groups excluding carboxylic acids is 1. The number of benzene rings is 1. The summed E-state index contributed by atoms with van der Waals surface area (Å²) >= 11 is 0. The van der Waals surface area contributed by atoms with Crippen LogP contribution in [0.3, 0.4) is 0 Å². The number of halogens is 4. The molecule has 0 fully saturated rings. The maximum Gasteiger partial charge on any atom is 0.573 e. The number of nitrogens with one attached hydrogen (secondary N) is 1. The standard InChI is InChI=1S/C23H17F4N7O3/c1-11(15-7-14(3-4-17(15)24)37-23(25,26)27)33-21(35)16-5-13(9-30-22(16)36-2)19-12(8-28)6-18-20(29)31-10-32-34(18)19/h3-7,9-11H,1-2H3,(H,33,35)(H2,29,31,32). The zero-order chi connectivity index (χ0) is 26.9. The van der Waals surface area contributed by atoms with Gasteiger partial charge in [0.1, 0.15) is 35.0 Å². The van der Waals surface area contributed by atoms with Crippen molar-refractivity contribution in [2.45, 2.75) is 19.3 Å². The maximum atomic E-state index is 14.4. The van der Waals surface area contributed by atoms with E-state index < -0.39 is 29.9 Å². The van der Waals surface area contributed by atoms with Crippen molar-refractivity contribution in [3.05, 3.63) is 65.4 Å². The van der Waals surface area contributed by atoms with Crippen LogP contribution in [0, 0.1) is 17.1 Å². The van der Waals surface area contributed by atoms with Crippen molar-refractivity contribution in [1.82, 2.24) is 24.9 Å². The largest absolute Gasteiger partial charge is 0.573 e. The molecule has 190 valence electrons. The second-order valence-electron chi connectivity index (χ2n) is 7.67.